The van der Waals surface area contributed by atoms with Crippen LogP contribution in [0.1, 0.15) is 24.1 Å². The molecule has 0 saturated carbocycles. The van der Waals surface area contributed by atoms with E-state index in [1.54, 1.807) is 49.4 Å². The summed E-state index contributed by atoms with van der Waals surface area (Å²) in [7, 11) is -4.38. The minimum Gasteiger partial charge on any atom is -0.464 e. The van der Waals surface area contributed by atoms with E-state index in [0.29, 0.717) is 5.56 Å². The van der Waals surface area contributed by atoms with Crippen molar-refractivity contribution in [3.05, 3.63) is 65.7 Å². The summed E-state index contributed by atoms with van der Waals surface area (Å²) in [6.07, 6.45) is 0. The lowest BCUT2D eigenvalue weighted by Crippen LogP contribution is -2.31. The zero-order valence-electron chi connectivity index (χ0n) is 13.3. The van der Waals surface area contributed by atoms with E-state index in [1.807, 2.05) is 0 Å². The molecule has 1 atom stereocenters. The second-order valence-corrected chi connectivity index (χ2v) is 7.06. The highest BCUT2D eigenvalue weighted by molar-refractivity contribution is 7.89. The molecule has 2 rings (SSSR count). The molecular weight excluding hydrogens is 333 g/mol. The zero-order chi connectivity index (χ0) is 17.7. The monoisotopic (exact) mass is 351 g/mol. The Kier molecular flexibility index (Phi) is 5.69. The molecule has 0 aliphatic rings. The Balaban J connectivity index is 2.37. The Hall–Kier alpha value is -2.25. The Labute approximate surface area is 140 Å². The van der Waals surface area contributed by atoms with Gasteiger partial charge in [-0.3, -0.25) is 4.79 Å². The molecule has 0 unspecified atom stereocenters. The lowest BCUT2D eigenvalue weighted by atomic mass is 10.1. The fraction of sp³-hybridized carbons (Fsp3) is 0.235. The molecule has 0 bridgehead atoms. The normalized spacial score (nSPS) is 12.8. The maximum atomic E-state index is 14.8. The molecule has 0 fully saturated rings. The van der Waals surface area contributed by atoms with Crippen molar-refractivity contribution in [1.29, 1.82) is 0 Å². The fourth-order valence-corrected chi connectivity index (χ4v) is 3.32. The Morgan fingerprint density at radius 2 is 1.71 bits per heavy atom. The van der Waals surface area contributed by atoms with Crippen molar-refractivity contribution in [1.82, 2.24) is 4.53 Å². The minimum absolute atomic E-state index is 0.167. The van der Waals surface area contributed by atoms with Gasteiger partial charge in [0.15, 0.2) is 0 Å². The van der Waals surface area contributed by atoms with Gasteiger partial charge in [-0.25, -0.2) is 8.42 Å². The summed E-state index contributed by atoms with van der Waals surface area (Å²) in [5, 5.41) is 0. The number of hydrogen-bond acceptors (Lipinski definition) is 4. The first-order valence-corrected chi connectivity index (χ1v) is 8.71. The highest BCUT2D eigenvalue weighted by Gasteiger charge is 2.34. The summed E-state index contributed by atoms with van der Waals surface area (Å²) in [5.74, 6) is -0.614. The van der Waals surface area contributed by atoms with Crippen molar-refractivity contribution in [2.24, 2.45) is 0 Å². The first-order valence-electron chi connectivity index (χ1n) is 7.27. The lowest BCUT2D eigenvalue weighted by molar-refractivity contribution is -0.143. The number of carbonyl (C=O) groups excluding carboxylic acids is 1. The van der Waals surface area contributed by atoms with Gasteiger partial charge in [-0.15, -0.1) is 4.48 Å². The van der Waals surface area contributed by atoms with Crippen molar-refractivity contribution < 1.29 is 22.4 Å². The van der Waals surface area contributed by atoms with Gasteiger partial charge in [0.05, 0.1) is 4.90 Å². The molecule has 0 N–H and O–H groups in total. The standard InChI is InChI=1S/C17H18FNO4S/c1-13-8-10-16(11-9-13)24(21,22)19(18)17(12-23-14(2)20)15-6-4-3-5-7-15/h3-11,17H,12H2,1-2H3/t17-/m1/s1. The third kappa shape index (κ3) is 4.18. The molecule has 0 spiro atoms. The summed E-state index contributed by atoms with van der Waals surface area (Å²) in [6, 6.07) is 12.8. The van der Waals surface area contributed by atoms with Crippen LogP contribution in [0.5, 0.6) is 0 Å². The summed E-state index contributed by atoms with van der Waals surface area (Å²) in [6.45, 7) is 2.57. The van der Waals surface area contributed by atoms with Crippen LogP contribution in [0.3, 0.4) is 0 Å². The number of ether oxygens (including phenoxy) is 1. The van der Waals surface area contributed by atoms with Crippen molar-refractivity contribution in [3.63, 3.8) is 0 Å². The smallest absolute Gasteiger partial charge is 0.302 e. The van der Waals surface area contributed by atoms with Crippen LogP contribution in [0.15, 0.2) is 59.5 Å². The van der Waals surface area contributed by atoms with E-state index < -0.39 is 28.6 Å². The van der Waals surface area contributed by atoms with Gasteiger partial charge in [-0.05, 0) is 29.1 Å². The second kappa shape index (κ2) is 7.55. The van der Waals surface area contributed by atoms with E-state index in [0.717, 1.165) is 5.56 Å². The molecule has 0 radical (unpaired) electrons. The van der Waals surface area contributed by atoms with Crippen LogP contribution < -0.4 is 0 Å². The SMILES string of the molecule is CC(=O)OC[C@H](c1ccccc1)N(F)S(=O)(=O)c1ccc(C)cc1. The molecule has 0 heterocycles. The summed E-state index contributed by atoms with van der Waals surface area (Å²) in [5.41, 5.74) is 1.25. The molecule has 0 aromatic heterocycles. The summed E-state index contributed by atoms with van der Waals surface area (Å²) in [4.78, 5) is 10.9. The van der Waals surface area contributed by atoms with E-state index >= 15 is 0 Å². The van der Waals surface area contributed by atoms with E-state index in [-0.39, 0.29) is 9.42 Å². The van der Waals surface area contributed by atoms with Gasteiger partial charge >= 0.3 is 5.97 Å². The average molecular weight is 351 g/mol. The molecule has 5 nitrogen and oxygen atoms in total. The quantitative estimate of drug-likeness (QED) is 0.592. The Morgan fingerprint density at radius 1 is 1.12 bits per heavy atom. The molecular formula is C17H18FNO4S. The van der Waals surface area contributed by atoms with Crippen LogP contribution >= 0.6 is 0 Å². The van der Waals surface area contributed by atoms with Crippen LogP contribution in [0.2, 0.25) is 0 Å². The van der Waals surface area contributed by atoms with Gasteiger partial charge in [0, 0.05) is 6.92 Å². The topological polar surface area (TPSA) is 63.7 Å². The van der Waals surface area contributed by atoms with Crippen LogP contribution in [-0.2, 0) is 19.6 Å². The molecule has 2 aromatic carbocycles. The lowest BCUT2D eigenvalue weighted by Gasteiger charge is -2.23. The second-order valence-electron chi connectivity index (χ2n) is 5.29. The number of sulfonamides is 1. The largest absolute Gasteiger partial charge is 0.464 e. The first kappa shape index (κ1) is 18.1. The predicted octanol–water partition coefficient (Wildman–Crippen LogP) is 3.17. The zero-order valence-corrected chi connectivity index (χ0v) is 14.2. The number of aryl methyl sites for hydroxylation is 1. The molecule has 7 heteroatoms. The summed E-state index contributed by atoms with van der Waals surface area (Å²) < 4.78 is 44.4. The number of carbonyl (C=O) groups is 1. The van der Waals surface area contributed by atoms with Crippen molar-refractivity contribution >= 4 is 16.0 Å². The fourth-order valence-electron chi connectivity index (χ4n) is 2.12. The molecule has 24 heavy (non-hydrogen) atoms. The van der Waals surface area contributed by atoms with Crippen LogP contribution in [0.4, 0.5) is 4.48 Å². The minimum atomic E-state index is -4.38. The molecule has 0 saturated heterocycles. The molecule has 128 valence electrons. The van der Waals surface area contributed by atoms with Gasteiger partial charge in [-0.2, -0.15) is 0 Å². The van der Waals surface area contributed by atoms with E-state index in [9.17, 15) is 17.7 Å². The van der Waals surface area contributed by atoms with E-state index in [4.69, 9.17) is 4.74 Å². The number of esters is 1. The Bertz CT molecular complexity index is 791. The van der Waals surface area contributed by atoms with Gasteiger partial charge in [-0.1, -0.05) is 48.0 Å². The molecule has 0 aliphatic heterocycles. The van der Waals surface area contributed by atoms with E-state index in [2.05, 4.69) is 0 Å². The van der Waals surface area contributed by atoms with Crippen LogP contribution in [-0.4, -0.2) is 25.5 Å². The highest BCUT2D eigenvalue weighted by atomic mass is 32.2. The number of rotatable bonds is 6. The van der Waals surface area contributed by atoms with Crippen LogP contribution in [0.25, 0.3) is 0 Å². The Morgan fingerprint density at radius 3 is 2.25 bits per heavy atom. The van der Waals surface area contributed by atoms with E-state index in [1.165, 1.54) is 19.1 Å². The number of hydrogen-bond donors (Lipinski definition) is 0. The molecule has 0 amide bonds. The average Bonchev–Trinajstić information content (AvgIpc) is 2.56. The number of nitrogens with zero attached hydrogens (tertiary/aromatic N) is 1. The van der Waals surface area contributed by atoms with Gasteiger partial charge in [0.25, 0.3) is 10.0 Å². The third-order valence-electron chi connectivity index (χ3n) is 3.42. The maximum Gasteiger partial charge on any atom is 0.302 e. The molecule has 0 aliphatic carbocycles. The first-order chi connectivity index (χ1) is 11.3. The third-order valence-corrected chi connectivity index (χ3v) is 5.00. The maximum absolute atomic E-state index is 14.8. The molecule has 2 aromatic rings. The van der Waals surface area contributed by atoms with Gasteiger partial charge in [0.1, 0.15) is 12.6 Å². The van der Waals surface area contributed by atoms with Gasteiger partial charge < -0.3 is 4.74 Å². The summed E-state index contributed by atoms with van der Waals surface area (Å²) >= 11 is 0. The van der Waals surface area contributed by atoms with Crippen LogP contribution in [0, 0.1) is 6.92 Å². The van der Waals surface area contributed by atoms with Crippen molar-refractivity contribution in [2.75, 3.05) is 6.61 Å². The predicted molar refractivity (Wildman–Crippen MR) is 87.1 cm³/mol. The highest BCUT2D eigenvalue weighted by Crippen LogP contribution is 2.28. The van der Waals surface area contributed by atoms with Crippen molar-refractivity contribution in [3.8, 4) is 0 Å². The van der Waals surface area contributed by atoms with Crippen molar-refractivity contribution in [2.45, 2.75) is 24.8 Å². The number of halogens is 1. The number of benzene rings is 2. The van der Waals surface area contributed by atoms with Gasteiger partial charge in [0.2, 0.25) is 0 Å².